The maximum Gasteiger partial charge on any atom is 0.574 e. The van der Waals surface area contributed by atoms with E-state index < -0.39 is 30.0 Å². The molecule has 1 atom stereocenters. The molecule has 0 fully saturated rings. The average Bonchev–Trinajstić information content (AvgIpc) is 3.15. The van der Waals surface area contributed by atoms with E-state index in [2.05, 4.69) is 25.2 Å². The second-order valence-electron chi connectivity index (χ2n) is 9.78. The van der Waals surface area contributed by atoms with Crippen LogP contribution in [-0.2, 0) is 4.79 Å². The predicted octanol–water partition coefficient (Wildman–Crippen LogP) is 5.42. The van der Waals surface area contributed by atoms with Crippen LogP contribution in [0.2, 0.25) is 0 Å². The van der Waals surface area contributed by atoms with Gasteiger partial charge in [0.05, 0.1) is 17.3 Å². The highest BCUT2D eigenvalue weighted by Crippen LogP contribution is 2.41. The zero-order chi connectivity index (χ0) is 28.5. The van der Waals surface area contributed by atoms with Gasteiger partial charge in [-0.15, -0.1) is 18.3 Å². The molecule has 3 aromatic rings. The summed E-state index contributed by atoms with van der Waals surface area (Å²) in [6, 6.07) is 11.5. The van der Waals surface area contributed by atoms with Gasteiger partial charge >= 0.3 is 6.36 Å². The largest absolute Gasteiger partial charge is 0.574 e. The average molecular weight is 540 g/mol. The Morgan fingerprint density at radius 1 is 1.00 bits per heavy atom. The zero-order valence-corrected chi connectivity index (χ0v) is 22.1. The van der Waals surface area contributed by atoms with Crippen molar-refractivity contribution in [3.8, 4) is 5.88 Å². The van der Waals surface area contributed by atoms with Crippen LogP contribution < -0.4 is 15.0 Å². The molecule has 1 amide bonds. The van der Waals surface area contributed by atoms with E-state index >= 15 is 0 Å². The van der Waals surface area contributed by atoms with Crippen molar-refractivity contribution in [2.75, 3.05) is 4.90 Å². The normalized spacial score (nSPS) is 15.9. The fourth-order valence-corrected chi connectivity index (χ4v) is 4.26. The smallest absolute Gasteiger partial charge is 0.388 e. The van der Waals surface area contributed by atoms with Crippen molar-refractivity contribution in [3.05, 3.63) is 88.4 Å². The number of ether oxygens (including phenoxy) is 1. The number of nitrogens with zero attached hydrogens (tertiary/aromatic N) is 4. The highest BCUT2D eigenvalue weighted by Gasteiger charge is 2.45. The second-order valence-corrected chi connectivity index (χ2v) is 9.78. The number of aromatic nitrogens is 3. The fourth-order valence-electron chi connectivity index (χ4n) is 4.26. The quantitative estimate of drug-likeness (QED) is 0.382. The number of hydrogen-bond donors (Lipinski definition) is 1. The molecular weight excluding hydrogens is 511 g/mol. The van der Waals surface area contributed by atoms with Crippen LogP contribution in [0.3, 0.4) is 0 Å². The minimum Gasteiger partial charge on any atom is -0.388 e. The van der Waals surface area contributed by atoms with Gasteiger partial charge in [0.15, 0.2) is 11.6 Å². The van der Waals surface area contributed by atoms with Crippen molar-refractivity contribution in [2.45, 2.75) is 59.0 Å². The summed E-state index contributed by atoms with van der Waals surface area (Å²) in [5.74, 6) is -1.17. The molecule has 0 bridgehead atoms. The first-order chi connectivity index (χ1) is 18.4. The SMILES string of the molecule is Cc1ccc(N2C(=O)C(NC(C)C)=C(C(=O)c3ccc(C(C)C)cc3)C2c2ccc(OC(F)(F)F)nc2)nn1. The molecule has 3 heterocycles. The van der Waals surface area contributed by atoms with E-state index in [0.717, 1.165) is 17.8 Å². The molecule has 1 aromatic carbocycles. The van der Waals surface area contributed by atoms with Gasteiger partial charge in [-0.1, -0.05) is 38.1 Å². The molecule has 4 rings (SSSR count). The summed E-state index contributed by atoms with van der Waals surface area (Å²) < 4.78 is 42.1. The first-order valence-electron chi connectivity index (χ1n) is 12.4. The van der Waals surface area contributed by atoms with Gasteiger partial charge in [-0.2, -0.15) is 5.10 Å². The Hall–Kier alpha value is -4.28. The molecule has 0 saturated heterocycles. The third kappa shape index (κ3) is 6.08. The molecule has 2 aromatic heterocycles. The molecule has 11 heteroatoms. The highest BCUT2D eigenvalue weighted by atomic mass is 19.4. The van der Waals surface area contributed by atoms with E-state index in [1.807, 2.05) is 39.8 Å². The third-order valence-corrected chi connectivity index (χ3v) is 6.08. The lowest BCUT2D eigenvalue weighted by atomic mass is 9.92. The number of Topliss-reactive ketones (excluding diaryl/α,β-unsaturated/α-hetero) is 1. The number of benzene rings is 1. The minimum absolute atomic E-state index is 0.0749. The van der Waals surface area contributed by atoms with Gasteiger partial charge in [0, 0.05) is 23.9 Å². The summed E-state index contributed by atoms with van der Waals surface area (Å²) in [6.45, 7) is 9.47. The van der Waals surface area contributed by atoms with Crippen molar-refractivity contribution in [1.82, 2.24) is 20.5 Å². The predicted molar refractivity (Wildman–Crippen MR) is 138 cm³/mol. The molecule has 1 aliphatic heterocycles. The van der Waals surface area contributed by atoms with E-state index in [0.29, 0.717) is 16.8 Å². The number of alkyl halides is 3. The van der Waals surface area contributed by atoms with Gasteiger partial charge in [-0.05, 0) is 56.0 Å². The molecule has 204 valence electrons. The number of halogens is 3. The number of ketones is 1. The number of pyridine rings is 1. The summed E-state index contributed by atoms with van der Waals surface area (Å²) in [7, 11) is 0. The molecule has 1 aliphatic rings. The second kappa shape index (κ2) is 10.8. The van der Waals surface area contributed by atoms with E-state index in [4.69, 9.17) is 0 Å². The Balaban J connectivity index is 1.87. The van der Waals surface area contributed by atoms with E-state index in [-0.39, 0.29) is 29.0 Å². The first kappa shape index (κ1) is 27.7. The summed E-state index contributed by atoms with van der Waals surface area (Å²) in [6.07, 6.45) is -3.76. The van der Waals surface area contributed by atoms with Crippen molar-refractivity contribution in [1.29, 1.82) is 0 Å². The van der Waals surface area contributed by atoms with Crippen LogP contribution in [0, 0.1) is 6.92 Å². The Labute approximate surface area is 223 Å². The highest BCUT2D eigenvalue weighted by molar-refractivity contribution is 6.21. The summed E-state index contributed by atoms with van der Waals surface area (Å²) in [4.78, 5) is 33.0. The zero-order valence-electron chi connectivity index (χ0n) is 22.1. The molecular formula is C28H28F3N5O3. The van der Waals surface area contributed by atoms with Crippen LogP contribution in [0.1, 0.15) is 66.8 Å². The molecule has 1 unspecified atom stereocenters. The number of carbonyl (C=O) groups excluding carboxylic acids is 2. The summed E-state index contributed by atoms with van der Waals surface area (Å²) >= 11 is 0. The minimum atomic E-state index is -4.92. The monoisotopic (exact) mass is 539 g/mol. The number of aryl methyl sites for hydroxylation is 1. The Kier molecular flexibility index (Phi) is 7.71. The standard InChI is InChI=1S/C28H28F3N5O3/c1-15(2)18-7-9-19(10-8-18)26(37)23-24(33-16(3)4)27(38)36(21-12-6-17(5)34-35-21)25(23)20-11-13-22(32-14-20)39-28(29,30)31/h6-16,25,33H,1-5H3. The molecule has 8 nitrogen and oxygen atoms in total. The van der Waals surface area contributed by atoms with Crippen LogP contribution in [0.4, 0.5) is 19.0 Å². The Bertz CT molecular complexity index is 1380. The lowest BCUT2D eigenvalue weighted by molar-refractivity contribution is -0.276. The van der Waals surface area contributed by atoms with Gasteiger partial charge in [-0.25, -0.2) is 4.98 Å². The fraction of sp³-hybridized carbons (Fsp3) is 0.321. The number of carbonyl (C=O) groups is 2. The number of hydrogen-bond acceptors (Lipinski definition) is 7. The third-order valence-electron chi connectivity index (χ3n) is 6.08. The maximum atomic E-state index is 14.0. The number of rotatable bonds is 8. The van der Waals surface area contributed by atoms with Crippen LogP contribution in [-0.4, -0.2) is 39.3 Å². The molecule has 39 heavy (non-hydrogen) atoms. The van der Waals surface area contributed by atoms with Crippen molar-refractivity contribution >= 4 is 17.5 Å². The van der Waals surface area contributed by atoms with Crippen LogP contribution in [0.15, 0.2) is 66.0 Å². The van der Waals surface area contributed by atoms with E-state index in [1.165, 1.54) is 11.0 Å². The maximum absolute atomic E-state index is 14.0. The van der Waals surface area contributed by atoms with E-state index in [1.54, 1.807) is 31.2 Å². The van der Waals surface area contributed by atoms with Gasteiger partial charge < -0.3 is 10.1 Å². The molecule has 0 aliphatic carbocycles. The first-order valence-corrected chi connectivity index (χ1v) is 12.4. The molecule has 0 spiro atoms. The summed E-state index contributed by atoms with van der Waals surface area (Å²) in [5, 5.41) is 11.3. The van der Waals surface area contributed by atoms with Crippen molar-refractivity contribution in [3.63, 3.8) is 0 Å². The lowest BCUT2D eigenvalue weighted by Gasteiger charge is -2.26. The van der Waals surface area contributed by atoms with Crippen molar-refractivity contribution < 1.29 is 27.5 Å². The van der Waals surface area contributed by atoms with Gasteiger partial charge in [-0.3, -0.25) is 14.5 Å². The van der Waals surface area contributed by atoms with Gasteiger partial charge in [0.1, 0.15) is 5.70 Å². The molecule has 0 saturated carbocycles. The molecule has 1 N–H and O–H groups in total. The van der Waals surface area contributed by atoms with Crippen LogP contribution in [0.5, 0.6) is 5.88 Å². The number of anilines is 1. The van der Waals surface area contributed by atoms with Crippen LogP contribution in [0.25, 0.3) is 0 Å². The Morgan fingerprint density at radius 3 is 2.21 bits per heavy atom. The van der Waals surface area contributed by atoms with Crippen LogP contribution >= 0.6 is 0 Å². The lowest BCUT2D eigenvalue weighted by Crippen LogP contribution is -2.35. The number of nitrogens with one attached hydrogen (secondary N) is 1. The summed E-state index contributed by atoms with van der Waals surface area (Å²) in [5.41, 5.74) is 2.51. The van der Waals surface area contributed by atoms with Crippen molar-refractivity contribution in [2.24, 2.45) is 0 Å². The Morgan fingerprint density at radius 2 is 1.69 bits per heavy atom. The number of amides is 1. The topological polar surface area (TPSA) is 97.3 Å². The molecule has 0 radical (unpaired) electrons. The van der Waals surface area contributed by atoms with Gasteiger partial charge in [0.2, 0.25) is 5.88 Å². The van der Waals surface area contributed by atoms with Gasteiger partial charge in [0.25, 0.3) is 5.91 Å². The van der Waals surface area contributed by atoms with E-state index in [9.17, 15) is 22.8 Å².